The van der Waals surface area contributed by atoms with Crippen molar-refractivity contribution in [3.63, 3.8) is 0 Å². The Balaban J connectivity index is 1.39. The molecule has 2 bridgehead atoms. The Morgan fingerprint density at radius 2 is 1.94 bits per heavy atom. The van der Waals surface area contributed by atoms with E-state index in [1.165, 1.54) is 19.3 Å². The number of nitrogens with zero attached hydrogens (tertiary/aromatic N) is 4. The second kappa shape index (κ2) is 7.66. The molecule has 33 heavy (non-hydrogen) atoms. The molecule has 0 amide bonds. The second-order valence-corrected chi connectivity index (χ2v) is 9.83. The summed E-state index contributed by atoms with van der Waals surface area (Å²) in [6, 6.07) is 13.4. The fourth-order valence-corrected chi connectivity index (χ4v) is 5.15. The molecule has 0 spiro atoms. The number of halogens is 1. The molecule has 0 radical (unpaired) electrons. The number of hydrogen-bond acceptors (Lipinski definition) is 6. The van der Waals surface area contributed by atoms with Gasteiger partial charge in [0.1, 0.15) is 22.9 Å². The molecular formula is C25H22BrN5O2. The number of methoxy groups -OCH3 is 1. The number of fused-ring (bicyclic) bond motifs is 1. The SMILES string of the molecule is COc1ccc(CNc2nc(C(=O)c3ccc(Br)cn3)nc3c2ccn3C23CC(C2)C3)cc1. The highest BCUT2D eigenvalue weighted by atomic mass is 79.9. The Morgan fingerprint density at radius 1 is 1.15 bits per heavy atom. The lowest BCUT2D eigenvalue weighted by molar-refractivity contribution is -0.0859. The number of carbonyl (C=O) groups excluding carboxylic acids is 1. The van der Waals surface area contributed by atoms with Gasteiger partial charge in [0.25, 0.3) is 0 Å². The monoisotopic (exact) mass is 503 g/mol. The number of ether oxygens (including phenoxy) is 1. The summed E-state index contributed by atoms with van der Waals surface area (Å²) < 4.78 is 8.32. The number of carbonyl (C=O) groups is 1. The van der Waals surface area contributed by atoms with E-state index in [0.717, 1.165) is 32.7 Å². The standard InChI is InChI=1S/C25H22BrN5O2/c1-33-18-5-2-15(3-6-18)13-28-22-19-8-9-31(25-10-16(11-25)12-25)24(19)30-23(29-22)21(32)20-7-4-17(26)14-27-20/h2-9,14,16H,10-13H2,1H3,(H,28,29,30). The third-order valence-corrected chi connectivity index (χ3v) is 7.31. The van der Waals surface area contributed by atoms with Crippen LogP contribution in [0.5, 0.6) is 5.75 Å². The first-order valence-electron chi connectivity index (χ1n) is 11.0. The lowest BCUT2D eigenvalue weighted by Crippen LogP contribution is -2.59. The van der Waals surface area contributed by atoms with Gasteiger partial charge in [-0.3, -0.25) is 9.78 Å². The van der Waals surface area contributed by atoms with Gasteiger partial charge in [-0.1, -0.05) is 12.1 Å². The Hall–Kier alpha value is -3.26. The molecule has 1 N–H and O–H groups in total. The number of benzene rings is 1. The van der Waals surface area contributed by atoms with Gasteiger partial charge in [0.2, 0.25) is 11.6 Å². The van der Waals surface area contributed by atoms with Gasteiger partial charge in [0, 0.05) is 29.0 Å². The zero-order chi connectivity index (χ0) is 22.6. The van der Waals surface area contributed by atoms with Crippen molar-refractivity contribution in [2.24, 2.45) is 5.92 Å². The highest BCUT2D eigenvalue weighted by molar-refractivity contribution is 9.10. The van der Waals surface area contributed by atoms with E-state index in [0.29, 0.717) is 18.1 Å². The number of pyridine rings is 1. The highest BCUT2D eigenvalue weighted by Crippen LogP contribution is 2.62. The number of rotatable bonds is 7. The average Bonchev–Trinajstić information content (AvgIpc) is 3.19. The van der Waals surface area contributed by atoms with Gasteiger partial charge in [0.05, 0.1) is 12.5 Å². The lowest BCUT2D eigenvalue weighted by Gasteiger charge is -2.62. The minimum Gasteiger partial charge on any atom is -0.497 e. The molecule has 1 aromatic carbocycles. The number of aromatic nitrogens is 4. The normalized spacial score (nSPS) is 20.7. The first-order valence-corrected chi connectivity index (χ1v) is 11.8. The molecule has 8 heteroatoms. The van der Waals surface area contributed by atoms with Crippen LogP contribution in [0.2, 0.25) is 0 Å². The third kappa shape index (κ3) is 3.40. The van der Waals surface area contributed by atoms with Crippen molar-refractivity contribution in [2.45, 2.75) is 31.3 Å². The summed E-state index contributed by atoms with van der Waals surface area (Å²) in [6.45, 7) is 0.568. The van der Waals surface area contributed by atoms with Crippen LogP contribution in [0, 0.1) is 5.92 Å². The van der Waals surface area contributed by atoms with Crippen molar-refractivity contribution in [2.75, 3.05) is 12.4 Å². The molecule has 0 atom stereocenters. The van der Waals surface area contributed by atoms with Crippen LogP contribution in [-0.2, 0) is 12.1 Å². The molecule has 3 fully saturated rings. The maximum absolute atomic E-state index is 13.2. The number of ketones is 1. The van der Waals surface area contributed by atoms with E-state index in [4.69, 9.17) is 9.72 Å². The summed E-state index contributed by atoms with van der Waals surface area (Å²) in [4.78, 5) is 26.9. The van der Waals surface area contributed by atoms with E-state index in [2.05, 4.69) is 48.0 Å². The average molecular weight is 504 g/mol. The fraction of sp³-hybridized carbons (Fsp3) is 0.280. The fourth-order valence-electron chi connectivity index (χ4n) is 4.91. The molecule has 7 rings (SSSR count). The maximum atomic E-state index is 13.2. The van der Waals surface area contributed by atoms with Crippen LogP contribution < -0.4 is 10.1 Å². The second-order valence-electron chi connectivity index (χ2n) is 8.91. The Labute approximate surface area is 199 Å². The Morgan fingerprint density at radius 3 is 2.58 bits per heavy atom. The molecular weight excluding hydrogens is 482 g/mol. The van der Waals surface area contributed by atoms with Gasteiger partial charge in [-0.25, -0.2) is 9.97 Å². The first-order chi connectivity index (χ1) is 16.0. The Kier molecular flexibility index (Phi) is 4.72. The van der Waals surface area contributed by atoms with Crippen LogP contribution >= 0.6 is 15.9 Å². The molecule has 0 unspecified atom stereocenters. The van der Waals surface area contributed by atoms with E-state index in [1.54, 1.807) is 25.4 Å². The van der Waals surface area contributed by atoms with Gasteiger partial charge < -0.3 is 14.6 Å². The van der Waals surface area contributed by atoms with Crippen LogP contribution in [0.1, 0.15) is 41.1 Å². The zero-order valence-corrected chi connectivity index (χ0v) is 19.7. The van der Waals surface area contributed by atoms with Crippen LogP contribution in [0.4, 0.5) is 5.82 Å². The maximum Gasteiger partial charge on any atom is 0.248 e. The molecule has 3 aliphatic rings. The molecule has 3 aliphatic carbocycles. The van der Waals surface area contributed by atoms with Gasteiger partial charge in [0.15, 0.2) is 0 Å². The highest BCUT2D eigenvalue weighted by Gasteiger charge is 2.58. The molecule has 166 valence electrons. The van der Waals surface area contributed by atoms with E-state index < -0.39 is 0 Å². The molecule has 0 saturated heterocycles. The minimum absolute atomic E-state index is 0.154. The summed E-state index contributed by atoms with van der Waals surface area (Å²) >= 11 is 3.37. The zero-order valence-electron chi connectivity index (χ0n) is 18.1. The van der Waals surface area contributed by atoms with Crippen molar-refractivity contribution < 1.29 is 9.53 Å². The van der Waals surface area contributed by atoms with Gasteiger partial charge in [-0.05, 0) is 77.0 Å². The summed E-state index contributed by atoms with van der Waals surface area (Å²) in [7, 11) is 1.65. The molecule has 4 aromatic rings. The summed E-state index contributed by atoms with van der Waals surface area (Å²) in [5.41, 5.74) is 2.37. The lowest BCUT2D eigenvalue weighted by atomic mass is 9.49. The number of hydrogen-bond donors (Lipinski definition) is 1. The van der Waals surface area contributed by atoms with Gasteiger partial charge in [-0.2, -0.15) is 0 Å². The van der Waals surface area contributed by atoms with E-state index in [-0.39, 0.29) is 17.1 Å². The predicted molar refractivity (Wildman–Crippen MR) is 129 cm³/mol. The van der Waals surface area contributed by atoms with Crippen LogP contribution in [0.25, 0.3) is 11.0 Å². The Bertz CT molecular complexity index is 1350. The number of nitrogens with one attached hydrogen (secondary N) is 1. The van der Waals surface area contributed by atoms with Crippen LogP contribution in [-0.4, -0.2) is 32.4 Å². The smallest absolute Gasteiger partial charge is 0.248 e. The van der Waals surface area contributed by atoms with Gasteiger partial charge >= 0.3 is 0 Å². The van der Waals surface area contributed by atoms with E-state index >= 15 is 0 Å². The molecule has 3 heterocycles. The summed E-state index contributed by atoms with van der Waals surface area (Å²) in [6.07, 6.45) is 7.27. The van der Waals surface area contributed by atoms with Crippen molar-refractivity contribution in [3.05, 3.63) is 76.4 Å². The van der Waals surface area contributed by atoms with E-state index in [1.807, 2.05) is 24.3 Å². The van der Waals surface area contributed by atoms with Crippen molar-refractivity contribution >= 4 is 38.6 Å². The van der Waals surface area contributed by atoms with Gasteiger partial charge in [-0.15, -0.1) is 0 Å². The third-order valence-electron chi connectivity index (χ3n) is 6.84. The molecule has 3 saturated carbocycles. The van der Waals surface area contributed by atoms with Crippen LogP contribution in [0.3, 0.4) is 0 Å². The molecule has 7 nitrogen and oxygen atoms in total. The first kappa shape index (κ1) is 20.4. The summed E-state index contributed by atoms with van der Waals surface area (Å²) in [5.74, 6) is 2.17. The topological polar surface area (TPSA) is 81.9 Å². The predicted octanol–water partition coefficient (Wildman–Crippen LogP) is 4.95. The van der Waals surface area contributed by atoms with Crippen molar-refractivity contribution in [3.8, 4) is 5.75 Å². The largest absolute Gasteiger partial charge is 0.497 e. The number of anilines is 1. The molecule has 3 aromatic heterocycles. The quantitative estimate of drug-likeness (QED) is 0.359. The van der Waals surface area contributed by atoms with Crippen LogP contribution in [0.15, 0.2) is 59.3 Å². The van der Waals surface area contributed by atoms with Crippen molar-refractivity contribution in [1.82, 2.24) is 19.5 Å². The molecule has 0 aliphatic heterocycles. The van der Waals surface area contributed by atoms with E-state index in [9.17, 15) is 4.79 Å². The minimum atomic E-state index is -0.290. The van der Waals surface area contributed by atoms with Crippen molar-refractivity contribution in [1.29, 1.82) is 0 Å². The summed E-state index contributed by atoms with van der Waals surface area (Å²) in [5, 5.41) is 4.35.